The molecule has 0 aliphatic rings. The molecule has 0 saturated carbocycles. The fraction of sp³-hybridized carbons (Fsp3) is 0.211. The second-order valence-electron chi connectivity index (χ2n) is 5.84. The van der Waals surface area contributed by atoms with Crippen LogP contribution in [0.1, 0.15) is 11.3 Å². The van der Waals surface area contributed by atoms with Gasteiger partial charge < -0.3 is 10.1 Å². The average molecular weight is 421 g/mol. The van der Waals surface area contributed by atoms with Gasteiger partial charge in [-0.05, 0) is 59.6 Å². The third-order valence-corrected chi connectivity index (χ3v) is 5.11. The highest BCUT2D eigenvalue weighted by Crippen LogP contribution is 2.40. The van der Waals surface area contributed by atoms with Crippen LogP contribution < -0.4 is 10.1 Å². The van der Waals surface area contributed by atoms with Crippen molar-refractivity contribution in [3.05, 3.63) is 57.2 Å². The van der Waals surface area contributed by atoms with Crippen LogP contribution in [0.2, 0.25) is 5.02 Å². The molecule has 1 N–H and O–H groups in total. The number of nitrogens with one attached hydrogen (secondary N) is 1. The summed E-state index contributed by atoms with van der Waals surface area (Å²) >= 11 is 10.1. The molecule has 3 rings (SSSR count). The Balaban J connectivity index is 2.14. The Morgan fingerprint density at radius 3 is 2.60 bits per heavy atom. The Kier molecular flexibility index (Phi) is 5.06. The maximum Gasteiger partial charge on any atom is 0.136 e. The van der Waals surface area contributed by atoms with Crippen LogP contribution in [0.25, 0.3) is 11.1 Å². The van der Waals surface area contributed by atoms with Crippen LogP contribution in [0.5, 0.6) is 5.75 Å². The first kappa shape index (κ1) is 17.8. The lowest BCUT2D eigenvalue weighted by Crippen LogP contribution is -2.02. The zero-order chi connectivity index (χ0) is 18.1. The van der Waals surface area contributed by atoms with Gasteiger partial charge in [-0.3, -0.25) is 4.68 Å². The zero-order valence-electron chi connectivity index (χ0n) is 14.5. The van der Waals surface area contributed by atoms with Crippen LogP contribution in [0.3, 0.4) is 0 Å². The first-order chi connectivity index (χ1) is 11.9. The number of aromatic nitrogens is 2. The van der Waals surface area contributed by atoms with Crippen LogP contribution in [0.15, 0.2) is 40.9 Å². The molecule has 2 aromatic carbocycles. The number of rotatable bonds is 4. The molecule has 0 fully saturated rings. The van der Waals surface area contributed by atoms with E-state index < -0.39 is 0 Å². The van der Waals surface area contributed by atoms with Gasteiger partial charge in [0.2, 0.25) is 0 Å². The molecule has 3 aromatic rings. The van der Waals surface area contributed by atoms with Gasteiger partial charge in [0.25, 0.3) is 0 Å². The molecule has 1 heterocycles. The van der Waals surface area contributed by atoms with Crippen molar-refractivity contribution in [1.82, 2.24) is 9.78 Å². The number of para-hydroxylation sites is 1. The van der Waals surface area contributed by atoms with Crippen molar-refractivity contribution in [3.63, 3.8) is 0 Å². The minimum Gasteiger partial charge on any atom is -0.497 e. The highest BCUT2D eigenvalue weighted by atomic mass is 79.9. The highest BCUT2D eigenvalue weighted by molar-refractivity contribution is 9.10. The van der Waals surface area contributed by atoms with Crippen molar-refractivity contribution in [2.75, 3.05) is 12.4 Å². The van der Waals surface area contributed by atoms with E-state index in [1.165, 1.54) is 0 Å². The number of ether oxygens (including phenoxy) is 1. The van der Waals surface area contributed by atoms with Gasteiger partial charge in [-0.15, -0.1) is 0 Å². The molecule has 1 aromatic heterocycles. The zero-order valence-corrected chi connectivity index (χ0v) is 16.9. The predicted octanol–water partition coefficient (Wildman–Crippen LogP) is 5.87. The molecule has 0 unspecified atom stereocenters. The SMILES string of the molecule is COc1ccc(-c2c(C)nn(C)c2Nc2c(C)cccc2Br)c(Cl)c1. The maximum absolute atomic E-state index is 6.51. The summed E-state index contributed by atoms with van der Waals surface area (Å²) < 4.78 is 8.09. The van der Waals surface area contributed by atoms with E-state index >= 15 is 0 Å². The van der Waals surface area contributed by atoms with E-state index in [0.29, 0.717) is 5.02 Å². The quantitative estimate of drug-likeness (QED) is 0.573. The van der Waals surface area contributed by atoms with Crippen molar-refractivity contribution < 1.29 is 4.74 Å². The molecule has 0 aliphatic carbocycles. The van der Waals surface area contributed by atoms with Gasteiger partial charge >= 0.3 is 0 Å². The van der Waals surface area contributed by atoms with Crippen molar-refractivity contribution in [3.8, 4) is 16.9 Å². The molecule has 25 heavy (non-hydrogen) atoms. The van der Waals surface area contributed by atoms with E-state index in [4.69, 9.17) is 16.3 Å². The molecular weight excluding hydrogens is 402 g/mol. The Morgan fingerprint density at radius 2 is 1.96 bits per heavy atom. The van der Waals surface area contributed by atoms with Gasteiger partial charge in [0, 0.05) is 22.6 Å². The van der Waals surface area contributed by atoms with Crippen LogP contribution in [-0.2, 0) is 7.05 Å². The summed E-state index contributed by atoms with van der Waals surface area (Å²) in [4.78, 5) is 0. The summed E-state index contributed by atoms with van der Waals surface area (Å²) in [6, 6.07) is 11.8. The number of halogens is 2. The molecule has 4 nitrogen and oxygen atoms in total. The monoisotopic (exact) mass is 419 g/mol. The van der Waals surface area contributed by atoms with Crippen LogP contribution in [0, 0.1) is 13.8 Å². The third-order valence-electron chi connectivity index (χ3n) is 4.13. The van der Waals surface area contributed by atoms with Gasteiger partial charge in [-0.1, -0.05) is 23.7 Å². The van der Waals surface area contributed by atoms with Crippen LogP contribution in [0.4, 0.5) is 11.5 Å². The normalized spacial score (nSPS) is 10.8. The average Bonchev–Trinajstić information content (AvgIpc) is 2.84. The molecule has 0 radical (unpaired) electrons. The molecule has 0 aliphatic heterocycles. The smallest absolute Gasteiger partial charge is 0.136 e. The van der Waals surface area contributed by atoms with Gasteiger partial charge in [-0.2, -0.15) is 5.10 Å². The minimum absolute atomic E-state index is 0.627. The van der Waals surface area contributed by atoms with Gasteiger partial charge in [0.1, 0.15) is 11.6 Å². The lowest BCUT2D eigenvalue weighted by atomic mass is 10.0. The fourth-order valence-electron chi connectivity index (χ4n) is 2.86. The number of hydrogen-bond acceptors (Lipinski definition) is 3. The van der Waals surface area contributed by atoms with Gasteiger partial charge in [-0.25, -0.2) is 0 Å². The van der Waals surface area contributed by atoms with Gasteiger partial charge in [0.15, 0.2) is 0 Å². The summed E-state index contributed by atoms with van der Waals surface area (Å²) in [5.74, 6) is 1.62. The number of aryl methyl sites for hydroxylation is 3. The van der Waals surface area contributed by atoms with Crippen molar-refractivity contribution in [1.29, 1.82) is 0 Å². The number of hydrogen-bond donors (Lipinski definition) is 1. The lowest BCUT2D eigenvalue weighted by molar-refractivity contribution is 0.415. The number of benzene rings is 2. The summed E-state index contributed by atoms with van der Waals surface area (Å²) in [5.41, 5.74) is 4.95. The summed E-state index contributed by atoms with van der Waals surface area (Å²) in [6.07, 6.45) is 0. The van der Waals surface area contributed by atoms with Gasteiger partial charge in [0.05, 0.1) is 23.5 Å². The summed E-state index contributed by atoms with van der Waals surface area (Å²) in [6.45, 7) is 4.05. The first-order valence-corrected chi connectivity index (χ1v) is 8.99. The molecule has 0 amide bonds. The third kappa shape index (κ3) is 3.39. The standard InChI is InChI=1S/C19H19BrClN3O/c1-11-6-5-7-15(20)18(11)22-19-17(12(2)23-24(19)3)14-9-8-13(25-4)10-16(14)21/h5-10,22H,1-4H3. The van der Waals surface area contributed by atoms with E-state index in [1.54, 1.807) is 7.11 Å². The van der Waals surface area contributed by atoms with E-state index in [-0.39, 0.29) is 0 Å². The number of nitrogens with zero attached hydrogens (tertiary/aromatic N) is 2. The molecule has 0 bridgehead atoms. The van der Waals surface area contributed by atoms with Crippen molar-refractivity contribution in [2.45, 2.75) is 13.8 Å². The fourth-order valence-corrected chi connectivity index (χ4v) is 3.69. The highest BCUT2D eigenvalue weighted by Gasteiger charge is 2.19. The molecular formula is C19H19BrClN3O. The molecule has 6 heteroatoms. The second kappa shape index (κ2) is 7.10. The van der Waals surface area contributed by atoms with Crippen LogP contribution in [-0.4, -0.2) is 16.9 Å². The maximum atomic E-state index is 6.51. The first-order valence-electron chi connectivity index (χ1n) is 7.82. The Bertz CT molecular complexity index is 916. The molecule has 0 spiro atoms. The van der Waals surface area contributed by atoms with Crippen LogP contribution >= 0.6 is 27.5 Å². The summed E-state index contributed by atoms with van der Waals surface area (Å²) in [7, 11) is 3.55. The summed E-state index contributed by atoms with van der Waals surface area (Å²) in [5, 5.41) is 8.72. The van der Waals surface area contributed by atoms with E-state index in [0.717, 1.165) is 44.1 Å². The number of methoxy groups -OCH3 is 1. The minimum atomic E-state index is 0.627. The number of anilines is 2. The van der Waals surface area contributed by atoms with E-state index in [9.17, 15) is 0 Å². The van der Waals surface area contributed by atoms with E-state index in [1.807, 2.05) is 49.0 Å². The Morgan fingerprint density at radius 1 is 1.20 bits per heavy atom. The van der Waals surface area contributed by atoms with Crippen molar-refractivity contribution >= 4 is 39.0 Å². The molecule has 0 atom stereocenters. The predicted molar refractivity (Wildman–Crippen MR) is 107 cm³/mol. The second-order valence-corrected chi connectivity index (χ2v) is 7.10. The van der Waals surface area contributed by atoms with E-state index in [2.05, 4.69) is 39.3 Å². The van der Waals surface area contributed by atoms with Crippen molar-refractivity contribution in [2.24, 2.45) is 7.05 Å². The largest absolute Gasteiger partial charge is 0.497 e. The molecule has 130 valence electrons. The molecule has 0 saturated heterocycles. The lowest BCUT2D eigenvalue weighted by Gasteiger charge is -2.15. The Labute approximate surface area is 160 Å². The topological polar surface area (TPSA) is 39.1 Å². The Hall–Kier alpha value is -1.98.